The van der Waals surface area contributed by atoms with Crippen molar-refractivity contribution >= 4 is 17.4 Å². The quantitative estimate of drug-likeness (QED) is 0.682. The standard InChI is InChI=1S/C15H21N5O/c1-2-3-4-5-8-11-13(16)14(20-19-11)15(21)18-12-9-6-7-10-17-12/h6-7,9-10H,2-5,8,16H2,1H3,(H,19,20)(H,17,18,21). The van der Waals surface area contributed by atoms with Gasteiger partial charge in [-0.15, -0.1) is 0 Å². The molecule has 2 heterocycles. The lowest BCUT2D eigenvalue weighted by atomic mass is 10.1. The molecule has 0 saturated heterocycles. The largest absolute Gasteiger partial charge is 0.395 e. The first kappa shape index (κ1) is 15.0. The fourth-order valence-electron chi connectivity index (χ4n) is 2.09. The van der Waals surface area contributed by atoms with Crippen LogP contribution in [-0.4, -0.2) is 21.1 Å². The lowest BCUT2D eigenvalue weighted by Crippen LogP contribution is -2.15. The van der Waals surface area contributed by atoms with Gasteiger partial charge < -0.3 is 11.1 Å². The summed E-state index contributed by atoms with van der Waals surface area (Å²) < 4.78 is 0. The number of nitrogens with zero attached hydrogens (tertiary/aromatic N) is 2. The number of nitrogen functional groups attached to an aromatic ring is 1. The highest BCUT2D eigenvalue weighted by atomic mass is 16.2. The molecule has 0 fully saturated rings. The van der Waals surface area contributed by atoms with E-state index in [9.17, 15) is 4.79 Å². The van der Waals surface area contributed by atoms with Gasteiger partial charge in [0.25, 0.3) is 5.91 Å². The molecule has 0 radical (unpaired) electrons. The molecule has 1 amide bonds. The van der Waals surface area contributed by atoms with Crippen molar-refractivity contribution < 1.29 is 4.79 Å². The van der Waals surface area contributed by atoms with E-state index in [0.717, 1.165) is 25.0 Å². The lowest BCUT2D eigenvalue weighted by molar-refractivity contribution is 0.102. The fourth-order valence-corrected chi connectivity index (χ4v) is 2.09. The Bertz CT molecular complexity index is 579. The molecule has 0 aromatic carbocycles. The number of carbonyl (C=O) groups is 1. The molecule has 0 atom stereocenters. The van der Waals surface area contributed by atoms with Gasteiger partial charge in [-0.05, 0) is 25.0 Å². The molecule has 21 heavy (non-hydrogen) atoms. The van der Waals surface area contributed by atoms with E-state index in [1.807, 2.05) is 0 Å². The molecule has 0 aliphatic carbocycles. The zero-order valence-electron chi connectivity index (χ0n) is 12.2. The van der Waals surface area contributed by atoms with Gasteiger partial charge in [0, 0.05) is 6.20 Å². The summed E-state index contributed by atoms with van der Waals surface area (Å²) >= 11 is 0. The molecule has 6 heteroatoms. The van der Waals surface area contributed by atoms with Crippen molar-refractivity contribution in [3.8, 4) is 0 Å². The fraction of sp³-hybridized carbons (Fsp3) is 0.400. The maximum Gasteiger partial charge on any atom is 0.279 e. The van der Waals surface area contributed by atoms with E-state index in [2.05, 4.69) is 27.4 Å². The highest BCUT2D eigenvalue weighted by Gasteiger charge is 2.17. The van der Waals surface area contributed by atoms with E-state index in [-0.39, 0.29) is 11.6 Å². The monoisotopic (exact) mass is 287 g/mol. The van der Waals surface area contributed by atoms with Crippen molar-refractivity contribution in [3.05, 3.63) is 35.8 Å². The van der Waals surface area contributed by atoms with Crippen LogP contribution in [0.2, 0.25) is 0 Å². The van der Waals surface area contributed by atoms with Crippen LogP contribution in [0.3, 0.4) is 0 Å². The Hall–Kier alpha value is -2.37. The Labute approximate surface area is 124 Å². The number of H-pyrrole nitrogens is 1. The summed E-state index contributed by atoms with van der Waals surface area (Å²) in [5.41, 5.74) is 7.49. The van der Waals surface area contributed by atoms with Gasteiger partial charge in [0.05, 0.1) is 11.4 Å². The lowest BCUT2D eigenvalue weighted by Gasteiger charge is -2.03. The van der Waals surface area contributed by atoms with Crippen molar-refractivity contribution in [2.75, 3.05) is 11.1 Å². The minimum absolute atomic E-state index is 0.228. The highest BCUT2D eigenvalue weighted by Crippen LogP contribution is 2.18. The molecular weight excluding hydrogens is 266 g/mol. The zero-order valence-corrected chi connectivity index (χ0v) is 12.2. The first-order valence-electron chi connectivity index (χ1n) is 7.27. The molecule has 2 aromatic heterocycles. The summed E-state index contributed by atoms with van der Waals surface area (Å²) in [6.07, 6.45) is 7.03. The first-order chi connectivity index (χ1) is 10.2. The third-order valence-electron chi connectivity index (χ3n) is 3.28. The molecule has 0 unspecified atom stereocenters. The van der Waals surface area contributed by atoms with Gasteiger partial charge in [-0.3, -0.25) is 9.89 Å². The predicted molar refractivity (Wildman–Crippen MR) is 83.0 cm³/mol. The molecule has 0 saturated carbocycles. The molecular formula is C15H21N5O. The van der Waals surface area contributed by atoms with Gasteiger partial charge in [0.2, 0.25) is 0 Å². The highest BCUT2D eigenvalue weighted by molar-refractivity contribution is 6.06. The van der Waals surface area contributed by atoms with E-state index in [1.54, 1.807) is 24.4 Å². The van der Waals surface area contributed by atoms with Crippen LogP contribution in [0.15, 0.2) is 24.4 Å². The van der Waals surface area contributed by atoms with Crippen molar-refractivity contribution in [2.24, 2.45) is 0 Å². The number of anilines is 2. The number of aryl methyl sites for hydroxylation is 1. The second-order valence-corrected chi connectivity index (χ2v) is 4.94. The van der Waals surface area contributed by atoms with Crippen LogP contribution in [0.5, 0.6) is 0 Å². The second-order valence-electron chi connectivity index (χ2n) is 4.94. The molecule has 2 rings (SSSR count). The molecule has 4 N–H and O–H groups in total. The molecule has 0 aliphatic heterocycles. The Morgan fingerprint density at radius 2 is 2.19 bits per heavy atom. The number of aromatic amines is 1. The Morgan fingerprint density at radius 1 is 1.33 bits per heavy atom. The van der Waals surface area contributed by atoms with Gasteiger partial charge in [0.15, 0.2) is 5.69 Å². The van der Waals surface area contributed by atoms with Crippen LogP contribution in [0.4, 0.5) is 11.5 Å². The minimum Gasteiger partial charge on any atom is -0.395 e. The van der Waals surface area contributed by atoms with E-state index in [0.29, 0.717) is 11.5 Å². The van der Waals surface area contributed by atoms with Gasteiger partial charge in [-0.25, -0.2) is 4.98 Å². The molecule has 112 valence electrons. The summed E-state index contributed by atoms with van der Waals surface area (Å²) in [5, 5.41) is 9.56. The Kier molecular flexibility index (Phi) is 5.31. The molecule has 2 aromatic rings. The average molecular weight is 287 g/mol. The number of hydrogen-bond acceptors (Lipinski definition) is 4. The van der Waals surface area contributed by atoms with E-state index >= 15 is 0 Å². The average Bonchev–Trinajstić information content (AvgIpc) is 2.86. The number of nitrogens with two attached hydrogens (primary N) is 1. The predicted octanol–water partition coefficient (Wildman–Crippen LogP) is 2.76. The van der Waals surface area contributed by atoms with Crippen molar-refractivity contribution in [1.29, 1.82) is 0 Å². The normalized spacial score (nSPS) is 10.5. The maximum atomic E-state index is 12.1. The Morgan fingerprint density at radius 3 is 2.90 bits per heavy atom. The number of pyridine rings is 1. The number of nitrogens with one attached hydrogen (secondary N) is 2. The van der Waals surface area contributed by atoms with Crippen molar-refractivity contribution in [1.82, 2.24) is 15.2 Å². The Balaban J connectivity index is 1.97. The number of aromatic nitrogens is 3. The molecule has 0 spiro atoms. The smallest absolute Gasteiger partial charge is 0.279 e. The van der Waals surface area contributed by atoms with Gasteiger partial charge in [-0.2, -0.15) is 5.10 Å². The van der Waals surface area contributed by atoms with Gasteiger partial charge in [-0.1, -0.05) is 32.3 Å². The second kappa shape index (κ2) is 7.42. The van der Waals surface area contributed by atoms with E-state index in [1.165, 1.54) is 12.8 Å². The third-order valence-corrected chi connectivity index (χ3v) is 3.28. The number of hydrogen-bond donors (Lipinski definition) is 3. The molecule has 0 aliphatic rings. The topological polar surface area (TPSA) is 96.7 Å². The number of amides is 1. The van der Waals surface area contributed by atoms with E-state index < -0.39 is 0 Å². The summed E-state index contributed by atoms with van der Waals surface area (Å²) in [7, 11) is 0. The summed E-state index contributed by atoms with van der Waals surface area (Å²) in [6.45, 7) is 2.17. The van der Waals surface area contributed by atoms with Gasteiger partial charge >= 0.3 is 0 Å². The van der Waals surface area contributed by atoms with Crippen LogP contribution >= 0.6 is 0 Å². The van der Waals surface area contributed by atoms with Crippen molar-refractivity contribution in [2.45, 2.75) is 39.0 Å². The number of unbranched alkanes of at least 4 members (excludes halogenated alkanes) is 3. The molecule has 6 nitrogen and oxygen atoms in total. The van der Waals surface area contributed by atoms with E-state index in [4.69, 9.17) is 5.73 Å². The summed E-state index contributed by atoms with van der Waals surface area (Å²) in [4.78, 5) is 16.2. The van der Waals surface area contributed by atoms with Crippen LogP contribution in [-0.2, 0) is 6.42 Å². The number of rotatable bonds is 7. The minimum atomic E-state index is -0.345. The van der Waals surface area contributed by atoms with Gasteiger partial charge in [0.1, 0.15) is 5.82 Å². The third kappa shape index (κ3) is 4.05. The van der Waals surface area contributed by atoms with Crippen LogP contribution in [0.25, 0.3) is 0 Å². The van der Waals surface area contributed by atoms with Crippen LogP contribution in [0, 0.1) is 0 Å². The maximum absolute atomic E-state index is 12.1. The summed E-state index contributed by atoms with van der Waals surface area (Å²) in [5.74, 6) is 0.136. The zero-order chi connectivity index (χ0) is 15.1. The molecule has 0 bridgehead atoms. The number of carbonyl (C=O) groups excluding carboxylic acids is 1. The van der Waals surface area contributed by atoms with Crippen LogP contribution in [0.1, 0.15) is 48.8 Å². The van der Waals surface area contributed by atoms with Crippen LogP contribution < -0.4 is 11.1 Å². The first-order valence-corrected chi connectivity index (χ1v) is 7.27. The van der Waals surface area contributed by atoms with Crippen molar-refractivity contribution in [3.63, 3.8) is 0 Å². The SMILES string of the molecule is CCCCCCc1[nH]nc(C(=O)Nc2ccccn2)c1N. The summed E-state index contributed by atoms with van der Waals surface area (Å²) in [6, 6.07) is 5.30.